The van der Waals surface area contributed by atoms with Crippen molar-refractivity contribution in [3.8, 4) is 0 Å². The summed E-state index contributed by atoms with van der Waals surface area (Å²) in [7, 11) is -3.45. The molecule has 1 atom stereocenters. The molecular weight excluding hydrogens is 258 g/mol. The van der Waals surface area contributed by atoms with E-state index in [-0.39, 0.29) is 6.04 Å². The molecule has 0 heterocycles. The van der Waals surface area contributed by atoms with Crippen molar-refractivity contribution in [2.45, 2.75) is 50.5 Å². The summed E-state index contributed by atoms with van der Waals surface area (Å²) in [6, 6.07) is 6.66. The maximum absolute atomic E-state index is 12.2. The Morgan fingerprint density at radius 2 is 1.89 bits per heavy atom. The van der Waals surface area contributed by atoms with Gasteiger partial charge in [-0.15, -0.1) is 6.58 Å². The molecule has 0 radical (unpaired) electrons. The number of hydrogen-bond donors (Lipinski definition) is 1. The summed E-state index contributed by atoms with van der Waals surface area (Å²) in [4.78, 5) is 0.306. The van der Waals surface area contributed by atoms with Crippen molar-refractivity contribution in [1.29, 1.82) is 0 Å². The standard InChI is InChI=1S/C15H23NO2S/c1-4-6-7-8-14(5-2)16-19(17,18)15-11-9-13(3)10-12-15/h5,9-12,14,16H,2,4,6-8H2,1,3H3/t14-/m1/s1. The van der Waals surface area contributed by atoms with E-state index < -0.39 is 10.0 Å². The third kappa shape index (κ3) is 5.17. The second-order valence-electron chi connectivity index (χ2n) is 4.77. The van der Waals surface area contributed by atoms with Crippen molar-refractivity contribution in [1.82, 2.24) is 4.72 Å². The van der Waals surface area contributed by atoms with Crippen LogP contribution in [0.1, 0.15) is 38.2 Å². The Labute approximate surface area is 116 Å². The van der Waals surface area contributed by atoms with Gasteiger partial charge in [0.2, 0.25) is 10.0 Å². The Hall–Kier alpha value is -1.13. The molecule has 106 valence electrons. The summed E-state index contributed by atoms with van der Waals surface area (Å²) in [6.45, 7) is 7.76. The van der Waals surface area contributed by atoms with E-state index in [1.807, 2.05) is 6.92 Å². The van der Waals surface area contributed by atoms with Crippen LogP contribution in [0.25, 0.3) is 0 Å². The third-order valence-electron chi connectivity index (χ3n) is 3.04. The highest BCUT2D eigenvalue weighted by Crippen LogP contribution is 2.12. The summed E-state index contributed by atoms with van der Waals surface area (Å²) in [6.07, 6.45) is 5.69. The zero-order valence-electron chi connectivity index (χ0n) is 11.7. The molecule has 0 bridgehead atoms. The highest BCUT2D eigenvalue weighted by atomic mass is 32.2. The van der Waals surface area contributed by atoms with Crippen molar-refractivity contribution in [2.75, 3.05) is 0 Å². The quantitative estimate of drug-likeness (QED) is 0.586. The van der Waals surface area contributed by atoms with E-state index in [2.05, 4.69) is 18.2 Å². The number of unbranched alkanes of at least 4 members (excludes halogenated alkanes) is 2. The highest BCUT2D eigenvalue weighted by molar-refractivity contribution is 7.89. The van der Waals surface area contributed by atoms with E-state index in [0.717, 1.165) is 31.2 Å². The molecule has 0 aromatic heterocycles. The number of sulfonamides is 1. The molecule has 1 aromatic rings. The van der Waals surface area contributed by atoms with Crippen molar-refractivity contribution in [3.63, 3.8) is 0 Å². The third-order valence-corrected chi connectivity index (χ3v) is 4.55. The van der Waals surface area contributed by atoms with Crippen molar-refractivity contribution < 1.29 is 8.42 Å². The van der Waals surface area contributed by atoms with E-state index in [0.29, 0.717) is 4.90 Å². The van der Waals surface area contributed by atoms with Gasteiger partial charge in [0.15, 0.2) is 0 Å². The molecule has 0 amide bonds. The van der Waals surface area contributed by atoms with E-state index in [9.17, 15) is 8.42 Å². The van der Waals surface area contributed by atoms with Crippen LogP contribution >= 0.6 is 0 Å². The smallest absolute Gasteiger partial charge is 0.207 e. The largest absolute Gasteiger partial charge is 0.241 e. The number of aryl methyl sites for hydroxylation is 1. The lowest BCUT2D eigenvalue weighted by Crippen LogP contribution is -2.33. The van der Waals surface area contributed by atoms with Crippen LogP contribution in [0.2, 0.25) is 0 Å². The van der Waals surface area contributed by atoms with Crippen LogP contribution < -0.4 is 4.72 Å². The van der Waals surface area contributed by atoms with Gasteiger partial charge >= 0.3 is 0 Å². The molecule has 19 heavy (non-hydrogen) atoms. The predicted molar refractivity (Wildman–Crippen MR) is 79.6 cm³/mol. The molecule has 0 spiro atoms. The van der Waals surface area contributed by atoms with Crippen LogP contribution in [-0.2, 0) is 10.0 Å². The van der Waals surface area contributed by atoms with Crippen LogP contribution in [0.4, 0.5) is 0 Å². The first-order chi connectivity index (χ1) is 8.99. The minimum Gasteiger partial charge on any atom is -0.207 e. The van der Waals surface area contributed by atoms with Gasteiger partial charge in [-0.3, -0.25) is 0 Å². The Kier molecular flexibility index (Phi) is 6.25. The van der Waals surface area contributed by atoms with E-state index in [1.165, 1.54) is 0 Å². The SMILES string of the molecule is C=C[C@H](CCCCC)NS(=O)(=O)c1ccc(C)cc1. The zero-order valence-corrected chi connectivity index (χ0v) is 12.5. The Morgan fingerprint density at radius 3 is 2.42 bits per heavy atom. The average molecular weight is 281 g/mol. The summed E-state index contributed by atoms with van der Waals surface area (Å²) in [5, 5.41) is 0. The summed E-state index contributed by atoms with van der Waals surface area (Å²) in [5.74, 6) is 0. The number of hydrogen-bond acceptors (Lipinski definition) is 2. The Morgan fingerprint density at radius 1 is 1.26 bits per heavy atom. The maximum Gasteiger partial charge on any atom is 0.241 e. The van der Waals surface area contributed by atoms with Crippen LogP contribution in [0.3, 0.4) is 0 Å². The molecule has 0 saturated heterocycles. The predicted octanol–water partition coefficient (Wildman–Crippen LogP) is 3.41. The fourth-order valence-corrected chi connectivity index (χ4v) is 3.07. The normalized spacial score (nSPS) is 13.2. The molecule has 0 saturated carbocycles. The molecule has 1 aromatic carbocycles. The lowest BCUT2D eigenvalue weighted by Gasteiger charge is -2.15. The first-order valence-corrected chi connectivity index (χ1v) is 8.19. The first-order valence-electron chi connectivity index (χ1n) is 6.71. The van der Waals surface area contributed by atoms with Gasteiger partial charge in [0.05, 0.1) is 4.90 Å². The van der Waals surface area contributed by atoms with Gasteiger partial charge in [-0.05, 0) is 25.5 Å². The number of rotatable bonds is 8. The molecule has 3 nitrogen and oxygen atoms in total. The zero-order chi connectivity index (χ0) is 14.3. The number of nitrogens with one attached hydrogen (secondary N) is 1. The Bertz CT molecular complexity index is 491. The van der Waals surface area contributed by atoms with Crippen LogP contribution in [0, 0.1) is 6.92 Å². The number of benzene rings is 1. The highest BCUT2D eigenvalue weighted by Gasteiger charge is 2.17. The molecule has 0 aliphatic carbocycles. The molecule has 1 rings (SSSR count). The minimum absolute atomic E-state index is 0.196. The van der Waals surface area contributed by atoms with Crippen LogP contribution in [0.5, 0.6) is 0 Å². The van der Waals surface area contributed by atoms with Gasteiger partial charge in [-0.2, -0.15) is 0 Å². The molecule has 0 unspecified atom stereocenters. The fourth-order valence-electron chi connectivity index (χ4n) is 1.82. The molecule has 0 aliphatic heterocycles. The Balaban J connectivity index is 2.71. The molecule has 0 fully saturated rings. The lowest BCUT2D eigenvalue weighted by atomic mass is 10.1. The fraction of sp³-hybridized carbons (Fsp3) is 0.467. The minimum atomic E-state index is -3.45. The van der Waals surface area contributed by atoms with Crippen LogP contribution in [0.15, 0.2) is 41.8 Å². The van der Waals surface area contributed by atoms with Gasteiger partial charge in [0.25, 0.3) is 0 Å². The van der Waals surface area contributed by atoms with Gasteiger partial charge in [-0.25, -0.2) is 13.1 Å². The van der Waals surface area contributed by atoms with Crippen molar-refractivity contribution in [2.24, 2.45) is 0 Å². The monoisotopic (exact) mass is 281 g/mol. The second kappa shape index (κ2) is 7.46. The van der Waals surface area contributed by atoms with E-state index in [4.69, 9.17) is 0 Å². The second-order valence-corrected chi connectivity index (χ2v) is 6.49. The van der Waals surface area contributed by atoms with E-state index in [1.54, 1.807) is 30.3 Å². The van der Waals surface area contributed by atoms with Gasteiger partial charge in [-0.1, -0.05) is 50.0 Å². The van der Waals surface area contributed by atoms with E-state index >= 15 is 0 Å². The van der Waals surface area contributed by atoms with Crippen molar-refractivity contribution >= 4 is 10.0 Å². The van der Waals surface area contributed by atoms with Gasteiger partial charge < -0.3 is 0 Å². The summed E-state index contributed by atoms with van der Waals surface area (Å²) >= 11 is 0. The summed E-state index contributed by atoms with van der Waals surface area (Å²) < 4.78 is 27.1. The lowest BCUT2D eigenvalue weighted by molar-refractivity contribution is 0.548. The maximum atomic E-state index is 12.2. The molecule has 1 N–H and O–H groups in total. The molecule has 0 aliphatic rings. The van der Waals surface area contributed by atoms with Crippen LogP contribution in [-0.4, -0.2) is 14.5 Å². The van der Waals surface area contributed by atoms with Gasteiger partial charge in [0, 0.05) is 6.04 Å². The summed E-state index contributed by atoms with van der Waals surface area (Å²) in [5.41, 5.74) is 1.04. The van der Waals surface area contributed by atoms with Crippen molar-refractivity contribution in [3.05, 3.63) is 42.5 Å². The topological polar surface area (TPSA) is 46.2 Å². The van der Waals surface area contributed by atoms with Gasteiger partial charge in [0.1, 0.15) is 0 Å². The molecular formula is C15H23NO2S. The first kappa shape index (κ1) is 15.9. The average Bonchev–Trinajstić information content (AvgIpc) is 2.38. The molecule has 4 heteroatoms.